The van der Waals surface area contributed by atoms with E-state index in [1.165, 1.54) is 6.07 Å². The zero-order valence-corrected chi connectivity index (χ0v) is 15.1. The largest absolute Gasteiger partial charge is 0.416 e. The standard InChI is InChI=1S/C18H19F3N6O/c1-9-14(17(28)23-11-4-6-22-7-5-11)15(27-26-9)16-24-12-3-2-10(18(19,20)21)8-13(12)25-16/h2-3,8,11,22H,4-7H2,1H3,(H,23,28)(H,24,25)(H,26,27). The lowest BCUT2D eigenvalue weighted by Crippen LogP contribution is -2.42. The lowest BCUT2D eigenvalue weighted by atomic mass is 10.1. The molecule has 2 aromatic heterocycles. The van der Waals surface area contributed by atoms with Crippen LogP contribution < -0.4 is 10.6 Å². The van der Waals surface area contributed by atoms with Gasteiger partial charge in [0.25, 0.3) is 5.91 Å². The molecule has 3 aromatic rings. The van der Waals surface area contributed by atoms with Crippen molar-refractivity contribution in [3.8, 4) is 11.5 Å². The van der Waals surface area contributed by atoms with Crippen molar-refractivity contribution in [2.24, 2.45) is 0 Å². The highest BCUT2D eigenvalue weighted by atomic mass is 19.4. The number of nitrogens with zero attached hydrogens (tertiary/aromatic N) is 2. The molecule has 0 bridgehead atoms. The summed E-state index contributed by atoms with van der Waals surface area (Å²) in [6.07, 6.45) is -2.77. The second kappa shape index (κ2) is 6.93. The zero-order valence-electron chi connectivity index (χ0n) is 15.1. The molecule has 1 amide bonds. The molecule has 0 atom stereocenters. The number of halogens is 3. The monoisotopic (exact) mass is 392 g/mol. The zero-order chi connectivity index (χ0) is 19.9. The molecule has 0 radical (unpaired) electrons. The van der Waals surface area contributed by atoms with Crippen molar-refractivity contribution in [3.05, 3.63) is 35.0 Å². The number of rotatable bonds is 3. The topological polar surface area (TPSA) is 98.5 Å². The van der Waals surface area contributed by atoms with Crippen molar-refractivity contribution in [1.82, 2.24) is 30.8 Å². The van der Waals surface area contributed by atoms with E-state index in [0.29, 0.717) is 16.8 Å². The van der Waals surface area contributed by atoms with Crippen molar-refractivity contribution in [3.63, 3.8) is 0 Å². The summed E-state index contributed by atoms with van der Waals surface area (Å²) in [4.78, 5) is 20.0. The Balaban J connectivity index is 1.67. The van der Waals surface area contributed by atoms with Gasteiger partial charge in [-0.25, -0.2) is 4.98 Å². The average molecular weight is 392 g/mol. The van der Waals surface area contributed by atoms with Crippen LogP contribution in [0.25, 0.3) is 22.6 Å². The maximum absolute atomic E-state index is 12.9. The quantitative estimate of drug-likeness (QED) is 0.551. The van der Waals surface area contributed by atoms with Crippen LogP contribution in [-0.4, -0.2) is 45.2 Å². The molecule has 0 unspecified atom stereocenters. The average Bonchev–Trinajstić information content (AvgIpc) is 3.24. The Hall–Kier alpha value is -2.88. The summed E-state index contributed by atoms with van der Waals surface area (Å²) >= 11 is 0. The van der Waals surface area contributed by atoms with Gasteiger partial charge in [-0.1, -0.05) is 0 Å². The van der Waals surface area contributed by atoms with Gasteiger partial charge in [0.15, 0.2) is 5.82 Å². The van der Waals surface area contributed by atoms with Gasteiger partial charge in [-0.2, -0.15) is 18.3 Å². The van der Waals surface area contributed by atoms with Crippen LogP contribution in [0, 0.1) is 6.92 Å². The molecule has 4 N–H and O–H groups in total. The van der Waals surface area contributed by atoms with Crippen LogP contribution >= 0.6 is 0 Å². The van der Waals surface area contributed by atoms with E-state index >= 15 is 0 Å². The maximum atomic E-state index is 12.9. The number of aromatic nitrogens is 4. The van der Waals surface area contributed by atoms with E-state index in [4.69, 9.17) is 0 Å². The third kappa shape index (κ3) is 3.47. The Morgan fingerprint density at radius 3 is 2.71 bits per heavy atom. The third-order valence-corrected chi connectivity index (χ3v) is 4.88. The number of fused-ring (bicyclic) bond motifs is 1. The number of amides is 1. The van der Waals surface area contributed by atoms with E-state index in [9.17, 15) is 18.0 Å². The predicted molar refractivity (Wildman–Crippen MR) is 96.8 cm³/mol. The van der Waals surface area contributed by atoms with E-state index in [1.807, 2.05) is 0 Å². The van der Waals surface area contributed by atoms with Crippen LogP contribution in [0.15, 0.2) is 18.2 Å². The number of benzene rings is 1. The molecule has 1 fully saturated rings. The summed E-state index contributed by atoms with van der Waals surface area (Å²) in [5, 5.41) is 13.2. The van der Waals surface area contributed by atoms with Gasteiger partial charge in [0.05, 0.1) is 22.2 Å². The van der Waals surface area contributed by atoms with Crippen LogP contribution in [0.2, 0.25) is 0 Å². The van der Waals surface area contributed by atoms with Crippen molar-refractivity contribution in [2.75, 3.05) is 13.1 Å². The SMILES string of the molecule is Cc1[nH]nc(-c2nc3ccc(C(F)(F)F)cc3[nH]2)c1C(=O)NC1CCNCC1. The molecule has 1 aliphatic heterocycles. The molecular weight excluding hydrogens is 373 g/mol. The van der Waals surface area contributed by atoms with E-state index in [1.54, 1.807) is 6.92 Å². The first-order valence-corrected chi connectivity index (χ1v) is 8.97. The Bertz CT molecular complexity index is 1020. The summed E-state index contributed by atoms with van der Waals surface area (Å²) in [6, 6.07) is 3.35. The minimum atomic E-state index is -4.44. The number of carbonyl (C=O) groups is 1. The number of alkyl halides is 3. The van der Waals surface area contributed by atoms with Crippen LogP contribution in [-0.2, 0) is 6.18 Å². The first-order valence-electron chi connectivity index (χ1n) is 8.97. The summed E-state index contributed by atoms with van der Waals surface area (Å²) in [6.45, 7) is 3.40. The fraction of sp³-hybridized carbons (Fsp3) is 0.389. The number of H-pyrrole nitrogens is 2. The van der Waals surface area contributed by atoms with Gasteiger partial charge in [0.1, 0.15) is 5.69 Å². The summed E-state index contributed by atoms with van der Waals surface area (Å²) in [5.41, 5.74) is 1.03. The van der Waals surface area contributed by atoms with Crippen LogP contribution in [0.5, 0.6) is 0 Å². The molecule has 7 nitrogen and oxygen atoms in total. The fourth-order valence-electron chi connectivity index (χ4n) is 3.40. The number of hydrogen-bond acceptors (Lipinski definition) is 4. The van der Waals surface area contributed by atoms with Crippen LogP contribution in [0.3, 0.4) is 0 Å². The molecule has 4 rings (SSSR count). The van der Waals surface area contributed by atoms with Gasteiger partial charge in [-0.05, 0) is 51.1 Å². The second-order valence-corrected chi connectivity index (χ2v) is 6.89. The first kappa shape index (κ1) is 18.5. The number of imidazole rings is 1. The van der Waals surface area contributed by atoms with Gasteiger partial charge in [0, 0.05) is 11.7 Å². The molecule has 1 aromatic carbocycles. The van der Waals surface area contributed by atoms with Gasteiger partial charge in [0.2, 0.25) is 0 Å². The van der Waals surface area contributed by atoms with Crippen LogP contribution in [0.1, 0.15) is 34.5 Å². The van der Waals surface area contributed by atoms with Crippen molar-refractivity contribution in [2.45, 2.75) is 32.0 Å². The molecule has 0 spiro atoms. The van der Waals surface area contributed by atoms with Gasteiger partial charge >= 0.3 is 6.18 Å². The van der Waals surface area contributed by atoms with Gasteiger partial charge < -0.3 is 15.6 Å². The number of piperidine rings is 1. The molecule has 1 saturated heterocycles. The molecule has 10 heteroatoms. The highest BCUT2D eigenvalue weighted by Gasteiger charge is 2.31. The third-order valence-electron chi connectivity index (χ3n) is 4.88. The normalized spacial score (nSPS) is 15.9. The Morgan fingerprint density at radius 1 is 1.25 bits per heavy atom. The highest BCUT2D eigenvalue weighted by molar-refractivity contribution is 6.01. The highest BCUT2D eigenvalue weighted by Crippen LogP contribution is 2.32. The van der Waals surface area contributed by atoms with E-state index in [-0.39, 0.29) is 29.0 Å². The number of aryl methyl sites for hydroxylation is 1. The molecule has 1 aliphatic rings. The van der Waals surface area contributed by atoms with Gasteiger partial charge in [-0.3, -0.25) is 9.89 Å². The number of carbonyl (C=O) groups excluding carboxylic acids is 1. The number of aromatic amines is 2. The van der Waals surface area contributed by atoms with Gasteiger partial charge in [-0.15, -0.1) is 0 Å². The van der Waals surface area contributed by atoms with Crippen molar-refractivity contribution in [1.29, 1.82) is 0 Å². The Labute approximate surface area is 158 Å². The maximum Gasteiger partial charge on any atom is 0.416 e. The molecule has 3 heterocycles. The van der Waals surface area contributed by atoms with Crippen molar-refractivity contribution < 1.29 is 18.0 Å². The first-order chi connectivity index (χ1) is 13.3. The minimum Gasteiger partial charge on any atom is -0.349 e. The number of hydrogen-bond donors (Lipinski definition) is 4. The molecule has 0 saturated carbocycles. The molecular formula is C18H19F3N6O. The molecule has 148 valence electrons. The second-order valence-electron chi connectivity index (χ2n) is 6.89. The lowest BCUT2D eigenvalue weighted by Gasteiger charge is -2.23. The summed E-state index contributed by atoms with van der Waals surface area (Å²) < 4.78 is 38.8. The van der Waals surface area contributed by atoms with E-state index in [0.717, 1.165) is 38.1 Å². The predicted octanol–water partition coefficient (Wildman–Crippen LogP) is 2.76. The Kier molecular flexibility index (Phi) is 4.58. The minimum absolute atomic E-state index is 0.0703. The summed E-state index contributed by atoms with van der Waals surface area (Å²) in [7, 11) is 0. The fourth-order valence-corrected chi connectivity index (χ4v) is 3.40. The summed E-state index contributed by atoms with van der Waals surface area (Å²) in [5.74, 6) is -0.0290. The lowest BCUT2D eigenvalue weighted by molar-refractivity contribution is -0.137. The van der Waals surface area contributed by atoms with E-state index in [2.05, 4.69) is 30.8 Å². The molecule has 0 aliphatic carbocycles. The number of nitrogens with one attached hydrogen (secondary N) is 4. The van der Waals surface area contributed by atoms with Crippen molar-refractivity contribution >= 4 is 16.9 Å². The Morgan fingerprint density at radius 2 is 2.00 bits per heavy atom. The van der Waals surface area contributed by atoms with E-state index < -0.39 is 11.7 Å². The van der Waals surface area contributed by atoms with Crippen LogP contribution in [0.4, 0.5) is 13.2 Å². The molecule has 28 heavy (non-hydrogen) atoms. The smallest absolute Gasteiger partial charge is 0.349 e.